The van der Waals surface area contributed by atoms with E-state index in [9.17, 15) is 0 Å². The molecule has 0 saturated heterocycles. The van der Waals surface area contributed by atoms with Crippen molar-refractivity contribution in [1.82, 2.24) is 4.98 Å². The maximum absolute atomic E-state index is 8.95. The van der Waals surface area contributed by atoms with E-state index in [2.05, 4.69) is 24.9 Å². The summed E-state index contributed by atoms with van der Waals surface area (Å²) in [5, 5.41) is 18.0. The van der Waals surface area contributed by atoms with Crippen LogP contribution in [-0.4, -0.2) is 18.1 Å². The van der Waals surface area contributed by atoms with Gasteiger partial charge in [0.05, 0.1) is 18.1 Å². The van der Waals surface area contributed by atoms with Crippen molar-refractivity contribution in [2.24, 2.45) is 5.92 Å². The van der Waals surface area contributed by atoms with Gasteiger partial charge in [0, 0.05) is 19.3 Å². The minimum atomic E-state index is 0.360. The fourth-order valence-corrected chi connectivity index (χ4v) is 1.92. The number of aromatic nitrogens is 1. The summed E-state index contributed by atoms with van der Waals surface area (Å²) < 4.78 is 0. The molecule has 0 bridgehead atoms. The van der Waals surface area contributed by atoms with Gasteiger partial charge in [0.1, 0.15) is 16.9 Å². The highest BCUT2D eigenvalue weighted by atomic mass is 35.5. The molecule has 5 heteroatoms. The summed E-state index contributed by atoms with van der Waals surface area (Å²) in [7, 11) is 0. The Morgan fingerprint density at radius 3 is 2.72 bits per heavy atom. The molecule has 1 aromatic rings. The summed E-state index contributed by atoms with van der Waals surface area (Å²) in [6.07, 6.45) is 1.97. The maximum atomic E-state index is 8.95. The Bertz CT molecular complexity index is 485. The Morgan fingerprint density at radius 2 is 2.17 bits per heavy atom. The van der Waals surface area contributed by atoms with Gasteiger partial charge < -0.3 is 4.90 Å². The highest BCUT2D eigenvalue weighted by Gasteiger charge is 2.15. The van der Waals surface area contributed by atoms with Crippen molar-refractivity contribution in [3.05, 3.63) is 22.8 Å². The van der Waals surface area contributed by atoms with Gasteiger partial charge in [-0.1, -0.05) is 25.4 Å². The van der Waals surface area contributed by atoms with Crippen molar-refractivity contribution in [1.29, 1.82) is 10.5 Å². The summed E-state index contributed by atoms with van der Waals surface area (Å²) in [6.45, 7) is 5.49. The van der Waals surface area contributed by atoms with E-state index in [1.807, 2.05) is 11.0 Å². The summed E-state index contributed by atoms with van der Waals surface area (Å²) in [5.41, 5.74) is 0.410. The van der Waals surface area contributed by atoms with E-state index in [0.29, 0.717) is 35.3 Å². The molecule has 0 amide bonds. The van der Waals surface area contributed by atoms with Crippen molar-refractivity contribution >= 4 is 17.4 Å². The van der Waals surface area contributed by atoms with E-state index >= 15 is 0 Å². The fraction of sp³-hybridized carbons (Fsp3) is 0.462. The van der Waals surface area contributed by atoms with Gasteiger partial charge in [0.2, 0.25) is 0 Å². The predicted molar refractivity (Wildman–Crippen MR) is 71.2 cm³/mol. The average Bonchev–Trinajstić information content (AvgIpc) is 2.34. The van der Waals surface area contributed by atoms with Gasteiger partial charge >= 0.3 is 0 Å². The average molecular weight is 263 g/mol. The Balaban J connectivity index is 3.05. The first-order valence-electron chi connectivity index (χ1n) is 5.76. The molecule has 0 unspecified atom stereocenters. The summed E-state index contributed by atoms with van der Waals surface area (Å²) >= 11 is 6.16. The second kappa shape index (κ2) is 6.83. The second-order valence-electron chi connectivity index (χ2n) is 4.36. The molecule has 18 heavy (non-hydrogen) atoms. The molecule has 0 aliphatic heterocycles. The first kappa shape index (κ1) is 14.3. The van der Waals surface area contributed by atoms with Crippen LogP contribution >= 0.6 is 11.6 Å². The largest absolute Gasteiger partial charge is 0.354 e. The molecule has 0 aliphatic rings. The number of nitriles is 2. The number of hydrogen-bond acceptors (Lipinski definition) is 4. The first-order valence-corrected chi connectivity index (χ1v) is 6.14. The summed E-state index contributed by atoms with van der Waals surface area (Å²) in [4.78, 5) is 6.18. The lowest BCUT2D eigenvalue weighted by Crippen LogP contribution is -2.29. The van der Waals surface area contributed by atoms with Crippen molar-refractivity contribution in [2.75, 3.05) is 18.0 Å². The SMILES string of the molecule is CC(C)CN(CCC#N)c1nccc(C#N)c1Cl. The third kappa shape index (κ3) is 3.61. The topological polar surface area (TPSA) is 63.7 Å². The van der Waals surface area contributed by atoms with E-state index in [1.54, 1.807) is 12.3 Å². The van der Waals surface area contributed by atoms with E-state index in [0.717, 1.165) is 6.54 Å². The van der Waals surface area contributed by atoms with Crippen molar-refractivity contribution in [2.45, 2.75) is 20.3 Å². The van der Waals surface area contributed by atoms with Crippen LogP contribution in [0.2, 0.25) is 5.02 Å². The quantitative estimate of drug-likeness (QED) is 0.818. The predicted octanol–water partition coefficient (Wildman–Crippen LogP) is 2.98. The Hall–Kier alpha value is -1.78. The zero-order valence-electron chi connectivity index (χ0n) is 10.5. The van der Waals surface area contributed by atoms with Crippen molar-refractivity contribution in [3.63, 3.8) is 0 Å². The summed E-state index contributed by atoms with van der Waals surface area (Å²) in [5.74, 6) is 1.01. The van der Waals surface area contributed by atoms with Crippen LogP contribution in [0.5, 0.6) is 0 Å². The lowest BCUT2D eigenvalue weighted by molar-refractivity contribution is 0.608. The molecule has 94 valence electrons. The van der Waals surface area contributed by atoms with Crippen LogP contribution in [-0.2, 0) is 0 Å². The summed E-state index contributed by atoms with van der Waals surface area (Å²) in [6, 6.07) is 5.73. The van der Waals surface area contributed by atoms with E-state index in [4.69, 9.17) is 22.1 Å². The molecule has 0 aliphatic carbocycles. The van der Waals surface area contributed by atoms with Crippen molar-refractivity contribution in [3.8, 4) is 12.1 Å². The molecule has 0 saturated carbocycles. The third-order valence-electron chi connectivity index (χ3n) is 2.37. The van der Waals surface area contributed by atoms with E-state index in [-0.39, 0.29) is 0 Å². The third-order valence-corrected chi connectivity index (χ3v) is 2.74. The molecule has 0 radical (unpaired) electrons. The van der Waals surface area contributed by atoms with Gasteiger partial charge in [-0.25, -0.2) is 4.98 Å². The molecule has 0 spiro atoms. The monoisotopic (exact) mass is 262 g/mol. The number of anilines is 1. The van der Waals surface area contributed by atoms with E-state index in [1.165, 1.54) is 0 Å². The molecule has 1 aromatic heterocycles. The lowest BCUT2D eigenvalue weighted by atomic mass is 10.2. The van der Waals surface area contributed by atoms with Crippen LogP contribution in [0.3, 0.4) is 0 Å². The number of halogens is 1. The molecular weight excluding hydrogens is 248 g/mol. The molecule has 1 rings (SSSR count). The number of nitrogens with zero attached hydrogens (tertiary/aromatic N) is 4. The highest BCUT2D eigenvalue weighted by molar-refractivity contribution is 6.34. The van der Waals surface area contributed by atoms with Crippen LogP contribution in [0.25, 0.3) is 0 Å². The molecule has 0 N–H and O–H groups in total. The van der Waals surface area contributed by atoms with Crippen LogP contribution in [0.15, 0.2) is 12.3 Å². The normalized spacial score (nSPS) is 9.89. The van der Waals surface area contributed by atoms with Gasteiger partial charge in [-0.3, -0.25) is 0 Å². The zero-order chi connectivity index (χ0) is 13.5. The molecular formula is C13H15ClN4. The Morgan fingerprint density at radius 1 is 1.44 bits per heavy atom. The van der Waals surface area contributed by atoms with Crippen molar-refractivity contribution < 1.29 is 0 Å². The molecule has 0 atom stereocenters. The maximum Gasteiger partial charge on any atom is 0.148 e. The van der Waals surface area contributed by atoms with E-state index < -0.39 is 0 Å². The Kier molecular flexibility index (Phi) is 5.42. The minimum Gasteiger partial charge on any atom is -0.354 e. The zero-order valence-corrected chi connectivity index (χ0v) is 11.3. The van der Waals surface area contributed by atoms with Gasteiger partial charge in [-0.15, -0.1) is 0 Å². The van der Waals surface area contributed by atoms with Crippen LogP contribution in [0.4, 0.5) is 5.82 Å². The van der Waals surface area contributed by atoms with Crippen LogP contribution < -0.4 is 4.90 Å². The van der Waals surface area contributed by atoms with Gasteiger partial charge in [0.15, 0.2) is 0 Å². The molecule has 1 heterocycles. The van der Waals surface area contributed by atoms with Gasteiger partial charge in [-0.05, 0) is 12.0 Å². The fourth-order valence-electron chi connectivity index (χ4n) is 1.65. The van der Waals surface area contributed by atoms with Crippen LogP contribution in [0, 0.1) is 28.6 Å². The standard InChI is InChI=1S/C13H15ClN4/c1-10(2)9-18(7-3-5-15)13-12(14)11(8-16)4-6-17-13/h4,6,10H,3,7,9H2,1-2H3. The highest BCUT2D eigenvalue weighted by Crippen LogP contribution is 2.27. The van der Waals surface area contributed by atoms with Gasteiger partial charge in [0.25, 0.3) is 0 Å². The number of hydrogen-bond donors (Lipinski definition) is 0. The molecule has 0 fully saturated rings. The number of rotatable bonds is 5. The lowest BCUT2D eigenvalue weighted by Gasteiger charge is -2.25. The second-order valence-corrected chi connectivity index (χ2v) is 4.73. The molecule has 4 nitrogen and oxygen atoms in total. The first-order chi connectivity index (χ1) is 8.60. The number of pyridine rings is 1. The molecule has 0 aromatic carbocycles. The Labute approximate surface area is 112 Å². The van der Waals surface area contributed by atoms with Gasteiger partial charge in [-0.2, -0.15) is 10.5 Å². The van der Waals surface area contributed by atoms with Crippen LogP contribution in [0.1, 0.15) is 25.8 Å². The smallest absolute Gasteiger partial charge is 0.148 e. The minimum absolute atomic E-state index is 0.360.